The summed E-state index contributed by atoms with van der Waals surface area (Å²) in [6, 6.07) is 20.6. The van der Waals surface area contributed by atoms with Gasteiger partial charge in [-0.25, -0.2) is 4.99 Å². The average Bonchev–Trinajstić information content (AvgIpc) is 2.39. The van der Waals surface area contributed by atoms with Crippen LogP contribution in [0.3, 0.4) is 0 Å². The Labute approximate surface area is 124 Å². The van der Waals surface area contributed by atoms with Crippen molar-refractivity contribution in [1.29, 1.82) is 0 Å². The van der Waals surface area contributed by atoms with E-state index in [9.17, 15) is 0 Å². The molecule has 0 radical (unpaired) electrons. The normalized spacial score (nSPS) is 12.3. The van der Waals surface area contributed by atoms with Gasteiger partial charge < -0.3 is 4.57 Å². The van der Waals surface area contributed by atoms with Crippen LogP contribution in [0.4, 0.5) is 11.4 Å². The van der Waals surface area contributed by atoms with Crippen molar-refractivity contribution in [3.05, 3.63) is 60.7 Å². The van der Waals surface area contributed by atoms with Gasteiger partial charge in [0, 0.05) is 5.69 Å². The van der Waals surface area contributed by atoms with Gasteiger partial charge in [0.15, 0.2) is 8.24 Å². The van der Waals surface area contributed by atoms with Gasteiger partial charge in [-0.2, -0.15) is 0 Å². The summed E-state index contributed by atoms with van der Waals surface area (Å²) in [4.78, 5) is 4.74. The number of para-hydroxylation sites is 2. The third kappa shape index (κ3) is 3.78. The highest BCUT2D eigenvalue weighted by Gasteiger charge is 2.26. The maximum absolute atomic E-state index is 4.74. The Balaban J connectivity index is 2.40. The molecule has 0 spiro atoms. The highest BCUT2D eigenvalue weighted by atomic mass is 31.0. The standard InChI is InChI=1S/C16H21N2PSi/c1-20(2,3)18(15-12-8-5-9-13-15)16(19)17-14-10-6-4-7-11-14/h4-13H,19H2,1-3H3. The fourth-order valence-corrected chi connectivity index (χ4v) is 5.25. The summed E-state index contributed by atoms with van der Waals surface area (Å²) in [5, 5.41) is 0. The Morgan fingerprint density at radius 2 is 1.40 bits per heavy atom. The summed E-state index contributed by atoms with van der Waals surface area (Å²) < 4.78 is 2.37. The molecule has 1 atom stereocenters. The van der Waals surface area contributed by atoms with Crippen LogP contribution in [0.15, 0.2) is 65.7 Å². The van der Waals surface area contributed by atoms with Crippen LogP contribution in [-0.4, -0.2) is 13.8 Å². The van der Waals surface area contributed by atoms with E-state index in [1.807, 2.05) is 36.4 Å². The van der Waals surface area contributed by atoms with Gasteiger partial charge in [0.25, 0.3) is 0 Å². The molecule has 0 aliphatic rings. The molecule has 0 aliphatic carbocycles. The van der Waals surface area contributed by atoms with Crippen LogP contribution in [-0.2, 0) is 0 Å². The van der Waals surface area contributed by atoms with Crippen molar-refractivity contribution in [1.82, 2.24) is 0 Å². The van der Waals surface area contributed by atoms with Crippen LogP contribution >= 0.6 is 9.24 Å². The molecule has 20 heavy (non-hydrogen) atoms. The first kappa shape index (κ1) is 15.0. The maximum Gasteiger partial charge on any atom is 0.155 e. The molecule has 2 nitrogen and oxygen atoms in total. The van der Waals surface area contributed by atoms with Crippen LogP contribution in [0.25, 0.3) is 0 Å². The molecule has 0 fully saturated rings. The van der Waals surface area contributed by atoms with E-state index < -0.39 is 8.24 Å². The molecule has 0 saturated carbocycles. The number of rotatable bonds is 3. The van der Waals surface area contributed by atoms with Gasteiger partial charge in [-0.05, 0) is 24.3 Å². The van der Waals surface area contributed by atoms with E-state index in [2.05, 4.69) is 57.7 Å². The Hall–Kier alpha value is -1.44. The van der Waals surface area contributed by atoms with Crippen LogP contribution in [0.2, 0.25) is 19.6 Å². The number of benzene rings is 2. The Morgan fingerprint density at radius 3 is 1.90 bits per heavy atom. The fraction of sp³-hybridized carbons (Fsp3) is 0.188. The molecule has 2 rings (SSSR count). The van der Waals surface area contributed by atoms with Crippen molar-refractivity contribution in [2.45, 2.75) is 19.6 Å². The maximum atomic E-state index is 4.74. The zero-order valence-electron chi connectivity index (χ0n) is 12.2. The van der Waals surface area contributed by atoms with Crippen LogP contribution in [0.5, 0.6) is 0 Å². The predicted octanol–water partition coefficient (Wildman–Crippen LogP) is 4.89. The summed E-state index contributed by atoms with van der Waals surface area (Å²) in [7, 11) is 1.23. The first-order valence-electron chi connectivity index (χ1n) is 6.73. The van der Waals surface area contributed by atoms with Gasteiger partial charge in [-0.15, -0.1) is 0 Å². The van der Waals surface area contributed by atoms with Crippen LogP contribution in [0, 0.1) is 0 Å². The molecule has 0 amide bonds. The van der Waals surface area contributed by atoms with Gasteiger partial charge >= 0.3 is 0 Å². The number of amidine groups is 1. The van der Waals surface area contributed by atoms with E-state index in [1.165, 1.54) is 5.69 Å². The number of anilines is 1. The largest absolute Gasteiger partial charge is 0.355 e. The molecular weight excluding hydrogens is 279 g/mol. The summed E-state index contributed by atoms with van der Waals surface area (Å²) in [5.74, 6) is 0. The molecule has 4 heteroatoms. The molecule has 2 aromatic carbocycles. The molecule has 0 aromatic heterocycles. The predicted molar refractivity (Wildman–Crippen MR) is 95.5 cm³/mol. The lowest BCUT2D eigenvalue weighted by Crippen LogP contribution is -2.48. The van der Waals surface area contributed by atoms with Gasteiger partial charge in [0.2, 0.25) is 0 Å². The van der Waals surface area contributed by atoms with Crippen molar-refractivity contribution in [2.75, 3.05) is 4.57 Å². The Bertz CT molecular complexity index is 576. The molecule has 0 N–H and O–H groups in total. The van der Waals surface area contributed by atoms with Crippen LogP contribution in [0.1, 0.15) is 0 Å². The second kappa shape index (κ2) is 6.34. The average molecular weight is 300 g/mol. The van der Waals surface area contributed by atoms with E-state index in [0.717, 1.165) is 11.3 Å². The third-order valence-electron chi connectivity index (χ3n) is 2.91. The fourth-order valence-electron chi connectivity index (χ4n) is 2.13. The SMILES string of the molecule is C[Si](C)(C)N(C(P)=Nc1ccccc1)c1ccccc1. The zero-order valence-corrected chi connectivity index (χ0v) is 14.4. The molecular formula is C16H21N2PSi. The molecule has 0 heterocycles. The first-order chi connectivity index (χ1) is 9.48. The number of hydrogen-bond acceptors (Lipinski definition) is 1. The molecule has 0 saturated heterocycles. The van der Waals surface area contributed by atoms with Crippen molar-refractivity contribution in [2.24, 2.45) is 4.99 Å². The van der Waals surface area contributed by atoms with Gasteiger partial charge in [-0.3, -0.25) is 0 Å². The van der Waals surface area contributed by atoms with E-state index in [1.54, 1.807) is 0 Å². The van der Waals surface area contributed by atoms with Crippen molar-refractivity contribution < 1.29 is 0 Å². The Kier molecular flexibility index (Phi) is 4.74. The van der Waals surface area contributed by atoms with Gasteiger partial charge in [0.1, 0.15) is 5.58 Å². The van der Waals surface area contributed by atoms with Crippen molar-refractivity contribution in [3.63, 3.8) is 0 Å². The lowest BCUT2D eigenvalue weighted by Gasteiger charge is -2.35. The molecule has 0 bridgehead atoms. The van der Waals surface area contributed by atoms with E-state index in [-0.39, 0.29) is 0 Å². The second-order valence-corrected chi connectivity index (χ2v) is 11.0. The second-order valence-electron chi connectivity index (χ2n) is 5.65. The lowest BCUT2D eigenvalue weighted by molar-refractivity contribution is 1.38. The zero-order chi connectivity index (χ0) is 14.6. The highest BCUT2D eigenvalue weighted by molar-refractivity contribution is 7.42. The topological polar surface area (TPSA) is 15.6 Å². The Morgan fingerprint density at radius 1 is 0.900 bits per heavy atom. The summed E-state index contributed by atoms with van der Waals surface area (Å²) in [5.41, 5.74) is 3.16. The van der Waals surface area contributed by atoms with E-state index >= 15 is 0 Å². The van der Waals surface area contributed by atoms with Crippen molar-refractivity contribution >= 4 is 34.4 Å². The van der Waals surface area contributed by atoms with Crippen molar-refractivity contribution in [3.8, 4) is 0 Å². The molecule has 0 aliphatic heterocycles. The number of aliphatic imine (C=N–C) groups is 1. The summed E-state index contributed by atoms with van der Waals surface area (Å²) >= 11 is 0. The monoisotopic (exact) mass is 300 g/mol. The third-order valence-corrected chi connectivity index (χ3v) is 5.39. The summed E-state index contributed by atoms with van der Waals surface area (Å²) in [6.07, 6.45) is 0. The molecule has 104 valence electrons. The quantitative estimate of drug-likeness (QED) is 0.341. The minimum Gasteiger partial charge on any atom is -0.355 e. The van der Waals surface area contributed by atoms with E-state index in [4.69, 9.17) is 4.99 Å². The lowest BCUT2D eigenvalue weighted by atomic mass is 10.3. The summed E-state index contributed by atoms with van der Waals surface area (Å²) in [6.45, 7) is 6.97. The first-order valence-corrected chi connectivity index (χ1v) is 10.8. The van der Waals surface area contributed by atoms with Gasteiger partial charge in [0.05, 0.1) is 5.69 Å². The number of nitrogens with zero attached hydrogens (tertiary/aromatic N) is 2. The molecule has 2 aromatic rings. The minimum absolute atomic E-state index is 0.974. The smallest absolute Gasteiger partial charge is 0.155 e. The van der Waals surface area contributed by atoms with Gasteiger partial charge in [-0.1, -0.05) is 65.3 Å². The number of hydrogen-bond donors (Lipinski definition) is 0. The highest BCUT2D eigenvalue weighted by Crippen LogP contribution is 2.25. The van der Waals surface area contributed by atoms with Crippen LogP contribution < -0.4 is 4.57 Å². The molecule has 1 unspecified atom stereocenters. The minimum atomic E-state index is -1.56. The van der Waals surface area contributed by atoms with E-state index in [0.29, 0.717) is 0 Å².